The third-order valence-electron chi connectivity index (χ3n) is 4.46. The normalized spacial score (nSPS) is 28.5. The molecule has 1 saturated carbocycles. The van der Waals surface area contributed by atoms with Crippen LogP contribution in [-0.4, -0.2) is 47.8 Å². The van der Waals surface area contributed by atoms with E-state index in [9.17, 15) is 9.90 Å². The van der Waals surface area contributed by atoms with Crippen LogP contribution in [0.1, 0.15) is 18.4 Å². The van der Waals surface area contributed by atoms with Crippen molar-refractivity contribution in [3.8, 4) is 0 Å². The number of halogens is 1. The van der Waals surface area contributed by atoms with E-state index >= 15 is 0 Å². The Bertz CT molecular complexity index is 522. The minimum atomic E-state index is 0.0826. The molecule has 1 aromatic carbocycles. The van der Waals surface area contributed by atoms with Crippen molar-refractivity contribution in [1.29, 1.82) is 0 Å². The Balaban J connectivity index is 1.69. The van der Waals surface area contributed by atoms with Gasteiger partial charge in [0, 0.05) is 18.2 Å². The van der Waals surface area contributed by atoms with Crippen molar-refractivity contribution in [3.05, 3.63) is 34.9 Å². The molecule has 1 aromatic rings. The molecule has 1 aliphatic heterocycles. The summed E-state index contributed by atoms with van der Waals surface area (Å²) >= 11 is 5.97. The molecule has 21 heavy (non-hydrogen) atoms. The minimum absolute atomic E-state index is 0.0826. The molecule has 3 rings (SSSR count). The summed E-state index contributed by atoms with van der Waals surface area (Å²) in [6.07, 6.45) is 2.14. The number of hydrogen-bond donors (Lipinski definition) is 1. The standard InChI is InChI=1S/C16H20ClNO3/c17-13-3-1-2-11(6-13)9-16(20)18-4-5-21-15-8-12(10-19)7-14(15)18/h1-3,6,12,14-15,19H,4-5,7-10H2/t12-,14+,15+/m1/s1. The van der Waals surface area contributed by atoms with E-state index in [1.165, 1.54) is 0 Å². The van der Waals surface area contributed by atoms with Gasteiger partial charge in [0.05, 0.1) is 25.2 Å². The van der Waals surface area contributed by atoms with Crippen LogP contribution in [0.15, 0.2) is 24.3 Å². The molecule has 0 spiro atoms. The SMILES string of the molecule is O=C(Cc1cccc(Cl)c1)N1CCO[C@H]2C[C@H](CO)C[C@@H]21. The number of morpholine rings is 1. The number of ether oxygens (including phenoxy) is 1. The van der Waals surface area contributed by atoms with Crippen molar-refractivity contribution < 1.29 is 14.6 Å². The van der Waals surface area contributed by atoms with Gasteiger partial charge in [0.2, 0.25) is 5.91 Å². The Morgan fingerprint density at radius 1 is 1.43 bits per heavy atom. The molecule has 3 atom stereocenters. The van der Waals surface area contributed by atoms with Crippen molar-refractivity contribution in [2.75, 3.05) is 19.8 Å². The van der Waals surface area contributed by atoms with E-state index in [2.05, 4.69) is 0 Å². The molecule has 0 radical (unpaired) electrons. The van der Waals surface area contributed by atoms with Crippen LogP contribution in [0, 0.1) is 5.92 Å². The zero-order chi connectivity index (χ0) is 14.8. The summed E-state index contributed by atoms with van der Waals surface area (Å²) in [6, 6.07) is 7.55. The summed E-state index contributed by atoms with van der Waals surface area (Å²) < 4.78 is 5.76. The molecular formula is C16H20ClNO3. The zero-order valence-corrected chi connectivity index (χ0v) is 12.6. The van der Waals surface area contributed by atoms with Crippen LogP contribution >= 0.6 is 11.6 Å². The molecule has 1 N–H and O–H groups in total. The highest BCUT2D eigenvalue weighted by Gasteiger charge is 2.42. The number of carbonyl (C=O) groups excluding carboxylic acids is 1. The first kappa shape index (κ1) is 14.8. The number of aliphatic hydroxyl groups excluding tert-OH is 1. The highest BCUT2D eigenvalue weighted by atomic mass is 35.5. The lowest BCUT2D eigenvalue weighted by Gasteiger charge is -2.37. The van der Waals surface area contributed by atoms with Gasteiger partial charge in [-0.1, -0.05) is 23.7 Å². The minimum Gasteiger partial charge on any atom is -0.396 e. The van der Waals surface area contributed by atoms with E-state index in [0.717, 1.165) is 18.4 Å². The quantitative estimate of drug-likeness (QED) is 0.927. The van der Waals surface area contributed by atoms with Crippen LogP contribution in [0.3, 0.4) is 0 Å². The fraction of sp³-hybridized carbons (Fsp3) is 0.562. The fourth-order valence-electron chi connectivity index (χ4n) is 3.43. The van der Waals surface area contributed by atoms with Gasteiger partial charge in [0.15, 0.2) is 0 Å². The van der Waals surface area contributed by atoms with Crippen molar-refractivity contribution >= 4 is 17.5 Å². The smallest absolute Gasteiger partial charge is 0.227 e. The van der Waals surface area contributed by atoms with Gasteiger partial charge in [-0.3, -0.25) is 4.79 Å². The molecule has 4 nitrogen and oxygen atoms in total. The number of rotatable bonds is 3. The van der Waals surface area contributed by atoms with Gasteiger partial charge >= 0.3 is 0 Å². The van der Waals surface area contributed by atoms with Gasteiger partial charge in [-0.05, 0) is 36.5 Å². The second kappa shape index (κ2) is 6.34. The molecule has 1 heterocycles. The number of benzene rings is 1. The van der Waals surface area contributed by atoms with E-state index in [1.54, 1.807) is 0 Å². The van der Waals surface area contributed by atoms with Crippen molar-refractivity contribution in [1.82, 2.24) is 4.90 Å². The summed E-state index contributed by atoms with van der Waals surface area (Å²) in [5, 5.41) is 9.98. The molecule has 2 fully saturated rings. The van der Waals surface area contributed by atoms with E-state index < -0.39 is 0 Å². The van der Waals surface area contributed by atoms with Crippen LogP contribution in [-0.2, 0) is 16.0 Å². The number of fused-ring (bicyclic) bond motifs is 1. The van der Waals surface area contributed by atoms with Crippen LogP contribution in [0.4, 0.5) is 0 Å². The summed E-state index contributed by atoms with van der Waals surface area (Å²) in [5.74, 6) is 0.369. The van der Waals surface area contributed by atoms with E-state index in [0.29, 0.717) is 24.6 Å². The Morgan fingerprint density at radius 3 is 3.05 bits per heavy atom. The zero-order valence-electron chi connectivity index (χ0n) is 11.9. The van der Waals surface area contributed by atoms with Crippen molar-refractivity contribution in [2.45, 2.75) is 31.4 Å². The second-order valence-corrected chi connectivity index (χ2v) is 6.33. The van der Waals surface area contributed by atoms with Crippen molar-refractivity contribution in [2.24, 2.45) is 5.92 Å². The van der Waals surface area contributed by atoms with Crippen LogP contribution < -0.4 is 0 Å². The van der Waals surface area contributed by atoms with E-state index in [1.807, 2.05) is 29.2 Å². The van der Waals surface area contributed by atoms with Crippen LogP contribution in [0.25, 0.3) is 0 Å². The van der Waals surface area contributed by atoms with Crippen LogP contribution in [0.5, 0.6) is 0 Å². The number of amides is 1. The lowest BCUT2D eigenvalue weighted by molar-refractivity contribution is -0.143. The molecule has 0 aromatic heterocycles. The Hall–Kier alpha value is -1.10. The highest BCUT2D eigenvalue weighted by molar-refractivity contribution is 6.30. The van der Waals surface area contributed by atoms with Crippen LogP contribution in [0.2, 0.25) is 5.02 Å². The first-order valence-corrected chi connectivity index (χ1v) is 7.81. The molecular weight excluding hydrogens is 290 g/mol. The maximum absolute atomic E-state index is 12.6. The van der Waals surface area contributed by atoms with Gasteiger partial charge < -0.3 is 14.7 Å². The van der Waals surface area contributed by atoms with E-state index in [-0.39, 0.29) is 30.6 Å². The monoisotopic (exact) mass is 309 g/mol. The number of aliphatic hydroxyl groups is 1. The van der Waals surface area contributed by atoms with Gasteiger partial charge in [0.1, 0.15) is 0 Å². The molecule has 1 aliphatic carbocycles. The molecule has 5 heteroatoms. The largest absolute Gasteiger partial charge is 0.396 e. The predicted octanol–water partition coefficient (Wildman–Crippen LogP) is 1.88. The van der Waals surface area contributed by atoms with E-state index in [4.69, 9.17) is 16.3 Å². The van der Waals surface area contributed by atoms with Crippen molar-refractivity contribution in [3.63, 3.8) is 0 Å². The maximum Gasteiger partial charge on any atom is 0.227 e. The molecule has 0 unspecified atom stereocenters. The fourth-order valence-corrected chi connectivity index (χ4v) is 3.65. The predicted molar refractivity (Wildman–Crippen MR) is 80.2 cm³/mol. The number of hydrogen-bond acceptors (Lipinski definition) is 3. The summed E-state index contributed by atoms with van der Waals surface area (Å²) in [7, 11) is 0. The van der Waals surface area contributed by atoms with Gasteiger partial charge in [0.25, 0.3) is 0 Å². The van der Waals surface area contributed by atoms with Gasteiger partial charge in [-0.25, -0.2) is 0 Å². The molecule has 1 saturated heterocycles. The lowest BCUT2D eigenvalue weighted by Crippen LogP contribution is -2.51. The average Bonchev–Trinajstić information content (AvgIpc) is 2.90. The Kier molecular flexibility index (Phi) is 4.48. The first-order valence-electron chi connectivity index (χ1n) is 7.43. The lowest BCUT2D eigenvalue weighted by atomic mass is 10.1. The topological polar surface area (TPSA) is 49.8 Å². The molecule has 0 bridgehead atoms. The summed E-state index contributed by atoms with van der Waals surface area (Å²) in [6.45, 7) is 1.39. The maximum atomic E-state index is 12.6. The molecule has 2 aliphatic rings. The Labute approximate surface area is 129 Å². The number of carbonyl (C=O) groups is 1. The average molecular weight is 310 g/mol. The highest BCUT2D eigenvalue weighted by Crippen LogP contribution is 2.34. The number of nitrogens with zero attached hydrogens (tertiary/aromatic N) is 1. The molecule has 114 valence electrons. The van der Waals surface area contributed by atoms with Gasteiger partial charge in [-0.2, -0.15) is 0 Å². The second-order valence-electron chi connectivity index (χ2n) is 5.89. The first-order chi connectivity index (χ1) is 10.2. The third-order valence-corrected chi connectivity index (χ3v) is 4.69. The Morgan fingerprint density at radius 2 is 2.29 bits per heavy atom. The summed E-state index contributed by atoms with van der Waals surface area (Å²) in [4.78, 5) is 14.5. The summed E-state index contributed by atoms with van der Waals surface area (Å²) in [5.41, 5.74) is 0.937. The third kappa shape index (κ3) is 3.23. The molecule has 1 amide bonds. The van der Waals surface area contributed by atoms with Gasteiger partial charge in [-0.15, -0.1) is 0 Å².